The van der Waals surface area contributed by atoms with Gasteiger partial charge in [-0.3, -0.25) is 0 Å². The van der Waals surface area contributed by atoms with Crippen molar-refractivity contribution in [3.63, 3.8) is 0 Å². The first kappa shape index (κ1) is 16.0. The van der Waals surface area contributed by atoms with Crippen LogP contribution in [0, 0.1) is 11.3 Å². The summed E-state index contributed by atoms with van der Waals surface area (Å²) in [6.45, 7) is 11.6. The molecule has 114 valence electrons. The average Bonchev–Trinajstić information content (AvgIpc) is 2.87. The smallest absolute Gasteiger partial charge is 0.109 e. The molecule has 3 heteroatoms. The summed E-state index contributed by atoms with van der Waals surface area (Å²) >= 11 is 1.86. The summed E-state index contributed by atoms with van der Waals surface area (Å²) in [5.41, 5.74) is 0.474. The molecule has 0 spiro atoms. The highest BCUT2D eigenvalue weighted by atomic mass is 32.1. The molecular formula is C17H30N2S. The first-order valence-corrected chi connectivity index (χ1v) is 8.92. The van der Waals surface area contributed by atoms with E-state index in [1.165, 1.54) is 35.6 Å². The molecular weight excluding hydrogens is 264 g/mol. The normalized spacial score (nSPS) is 25.6. The fraction of sp³-hybridized carbons (Fsp3) is 0.824. The van der Waals surface area contributed by atoms with Gasteiger partial charge in [-0.05, 0) is 50.4 Å². The standard InChI is InChI=1S/C17H30N2S/c1-6-15-11-18-16(20-15)12(2)19-14-9-7-13(8-10-14)17(3,4)5/h11-14,19H,6-10H2,1-5H3. The van der Waals surface area contributed by atoms with E-state index in [0.29, 0.717) is 17.5 Å². The van der Waals surface area contributed by atoms with Crippen LogP contribution in [0.4, 0.5) is 0 Å². The van der Waals surface area contributed by atoms with Gasteiger partial charge in [-0.15, -0.1) is 11.3 Å². The summed E-state index contributed by atoms with van der Waals surface area (Å²) in [5.74, 6) is 0.891. The van der Waals surface area contributed by atoms with Crippen LogP contribution >= 0.6 is 11.3 Å². The molecule has 1 aliphatic carbocycles. The Kier molecular flexibility index (Phi) is 5.25. The third kappa shape index (κ3) is 4.05. The van der Waals surface area contributed by atoms with Crippen LogP contribution in [0.2, 0.25) is 0 Å². The van der Waals surface area contributed by atoms with Gasteiger partial charge in [-0.25, -0.2) is 4.98 Å². The second-order valence-electron chi connectivity index (χ2n) is 7.32. The second-order valence-corrected chi connectivity index (χ2v) is 8.47. The molecule has 2 rings (SSSR count). The quantitative estimate of drug-likeness (QED) is 0.849. The third-order valence-corrected chi connectivity index (χ3v) is 6.05. The van der Waals surface area contributed by atoms with Crippen LogP contribution in [-0.4, -0.2) is 11.0 Å². The zero-order chi connectivity index (χ0) is 14.8. The number of rotatable bonds is 4. The first-order chi connectivity index (χ1) is 9.40. The fourth-order valence-corrected chi connectivity index (χ4v) is 4.11. The minimum Gasteiger partial charge on any atom is -0.305 e. The van der Waals surface area contributed by atoms with Crippen LogP contribution in [0.1, 0.15) is 76.2 Å². The summed E-state index contributed by atoms with van der Waals surface area (Å²) < 4.78 is 0. The molecule has 1 aliphatic rings. The fourth-order valence-electron chi connectivity index (χ4n) is 3.24. The number of aromatic nitrogens is 1. The molecule has 1 aromatic heterocycles. The van der Waals surface area contributed by atoms with Crippen molar-refractivity contribution in [3.8, 4) is 0 Å². The number of thiazole rings is 1. The maximum atomic E-state index is 4.56. The molecule has 20 heavy (non-hydrogen) atoms. The lowest BCUT2D eigenvalue weighted by molar-refractivity contribution is 0.157. The Morgan fingerprint density at radius 1 is 1.30 bits per heavy atom. The van der Waals surface area contributed by atoms with Crippen LogP contribution in [0.5, 0.6) is 0 Å². The summed E-state index contributed by atoms with van der Waals surface area (Å²) in [6.07, 6.45) is 8.50. The van der Waals surface area contributed by atoms with E-state index in [2.05, 4.69) is 44.9 Å². The van der Waals surface area contributed by atoms with Gasteiger partial charge in [0.2, 0.25) is 0 Å². The molecule has 0 saturated heterocycles. The summed E-state index contributed by atoms with van der Waals surface area (Å²) in [6, 6.07) is 1.08. The van der Waals surface area contributed by atoms with Gasteiger partial charge in [0.05, 0.1) is 6.04 Å². The van der Waals surface area contributed by atoms with E-state index in [4.69, 9.17) is 0 Å². The van der Waals surface area contributed by atoms with E-state index in [1.807, 2.05) is 17.5 Å². The Labute approximate surface area is 128 Å². The van der Waals surface area contributed by atoms with E-state index < -0.39 is 0 Å². The van der Waals surface area contributed by atoms with Gasteiger partial charge in [-0.2, -0.15) is 0 Å². The Morgan fingerprint density at radius 2 is 1.95 bits per heavy atom. The van der Waals surface area contributed by atoms with Crippen molar-refractivity contribution in [1.29, 1.82) is 0 Å². The molecule has 1 N–H and O–H groups in total. The Bertz CT molecular complexity index is 411. The molecule has 0 bridgehead atoms. The van der Waals surface area contributed by atoms with Crippen LogP contribution in [0.15, 0.2) is 6.20 Å². The highest BCUT2D eigenvalue weighted by Gasteiger charge is 2.30. The van der Waals surface area contributed by atoms with Crippen LogP contribution < -0.4 is 5.32 Å². The largest absolute Gasteiger partial charge is 0.305 e. The lowest BCUT2D eigenvalue weighted by atomic mass is 9.71. The van der Waals surface area contributed by atoms with E-state index in [9.17, 15) is 0 Å². The number of hydrogen-bond acceptors (Lipinski definition) is 3. The molecule has 1 saturated carbocycles. The van der Waals surface area contributed by atoms with Gasteiger partial charge in [0.15, 0.2) is 0 Å². The zero-order valence-corrected chi connectivity index (χ0v) is 14.5. The second kappa shape index (κ2) is 6.57. The zero-order valence-electron chi connectivity index (χ0n) is 13.7. The molecule has 1 aromatic rings. The molecule has 2 nitrogen and oxygen atoms in total. The van der Waals surface area contributed by atoms with Gasteiger partial charge in [0.1, 0.15) is 5.01 Å². The van der Waals surface area contributed by atoms with E-state index in [1.54, 1.807) is 0 Å². The minimum absolute atomic E-state index is 0.400. The summed E-state index contributed by atoms with van der Waals surface area (Å²) in [4.78, 5) is 5.96. The highest BCUT2D eigenvalue weighted by molar-refractivity contribution is 7.11. The first-order valence-electron chi connectivity index (χ1n) is 8.10. The summed E-state index contributed by atoms with van der Waals surface area (Å²) in [5, 5.41) is 5.04. The Balaban J connectivity index is 1.83. The van der Waals surface area contributed by atoms with Crippen molar-refractivity contribution < 1.29 is 0 Å². The van der Waals surface area contributed by atoms with Crippen LogP contribution in [0.25, 0.3) is 0 Å². The lowest BCUT2D eigenvalue weighted by Gasteiger charge is -2.37. The van der Waals surface area contributed by atoms with E-state index in [0.717, 1.165) is 12.3 Å². The van der Waals surface area contributed by atoms with Crippen molar-refractivity contribution in [2.24, 2.45) is 11.3 Å². The van der Waals surface area contributed by atoms with Gasteiger partial charge < -0.3 is 5.32 Å². The Hall–Kier alpha value is -0.410. The SMILES string of the molecule is CCc1cnc(C(C)NC2CCC(C(C)(C)C)CC2)s1. The van der Waals surface area contributed by atoms with Gasteiger partial charge >= 0.3 is 0 Å². The topological polar surface area (TPSA) is 24.9 Å². The number of nitrogens with zero attached hydrogens (tertiary/aromatic N) is 1. The molecule has 1 unspecified atom stereocenters. The number of aryl methyl sites for hydroxylation is 1. The van der Waals surface area contributed by atoms with Gasteiger partial charge in [0, 0.05) is 17.1 Å². The van der Waals surface area contributed by atoms with Crippen molar-refractivity contribution in [1.82, 2.24) is 10.3 Å². The predicted molar refractivity (Wildman–Crippen MR) is 88.2 cm³/mol. The van der Waals surface area contributed by atoms with E-state index >= 15 is 0 Å². The average molecular weight is 295 g/mol. The number of hydrogen-bond donors (Lipinski definition) is 1. The molecule has 0 aliphatic heterocycles. The van der Waals surface area contributed by atoms with Gasteiger partial charge in [0.25, 0.3) is 0 Å². The van der Waals surface area contributed by atoms with Crippen molar-refractivity contribution in [2.75, 3.05) is 0 Å². The molecule has 1 fully saturated rings. The van der Waals surface area contributed by atoms with Crippen molar-refractivity contribution in [3.05, 3.63) is 16.1 Å². The minimum atomic E-state index is 0.400. The highest BCUT2D eigenvalue weighted by Crippen LogP contribution is 2.38. The van der Waals surface area contributed by atoms with Crippen molar-refractivity contribution in [2.45, 2.75) is 78.8 Å². The molecule has 1 heterocycles. The van der Waals surface area contributed by atoms with Crippen molar-refractivity contribution >= 4 is 11.3 Å². The molecule has 0 radical (unpaired) electrons. The van der Waals surface area contributed by atoms with Gasteiger partial charge in [-0.1, -0.05) is 27.7 Å². The third-order valence-electron chi connectivity index (χ3n) is 4.73. The monoisotopic (exact) mass is 294 g/mol. The lowest BCUT2D eigenvalue weighted by Crippen LogP contribution is -2.37. The number of nitrogens with one attached hydrogen (secondary N) is 1. The predicted octanol–water partition coefficient (Wildman–Crippen LogP) is 4.96. The molecule has 0 amide bonds. The summed E-state index contributed by atoms with van der Waals surface area (Å²) in [7, 11) is 0. The van der Waals surface area contributed by atoms with Crippen LogP contribution in [0.3, 0.4) is 0 Å². The maximum absolute atomic E-state index is 4.56. The van der Waals surface area contributed by atoms with Crippen LogP contribution in [-0.2, 0) is 6.42 Å². The van der Waals surface area contributed by atoms with E-state index in [-0.39, 0.29) is 0 Å². The Morgan fingerprint density at radius 3 is 2.45 bits per heavy atom. The maximum Gasteiger partial charge on any atom is 0.109 e. The molecule has 0 aromatic carbocycles. The molecule has 1 atom stereocenters.